The van der Waals surface area contributed by atoms with E-state index in [1.807, 2.05) is 0 Å². The summed E-state index contributed by atoms with van der Waals surface area (Å²) in [5.74, 6) is 0. The fourth-order valence-electron chi connectivity index (χ4n) is 7.37. The molecule has 0 aromatic heterocycles. The zero-order chi connectivity index (χ0) is 31.9. The predicted octanol–water partition coefficient (Wildman–Crippen LogP) is 13.5. The molecule has 0 fully saturated rings. The molecule has 0 bridgehead atoms. The van der Waals surface area contributed by atoms with Crippen molar-refractivity contribution in [3.63, 3.8) is 0 Å². The van der Waals surface area contributed by atoms with Crippen molar-refractivity contribution in [3.8, 4) is 55.6 Å². The van der Waals surface area contributed by atoms with Gasteiger partial charge in [-0.1, -0.05) is 182 Å². The van der Waals surface area contributed by atoms with Gasteiger partial charge in [0.15, 0.2) is 0 Å². The van der Waals surface area contributed by atoms with Crippen LogP contribution in [0.2, 0.25) is 0 Å². The molecule has 0 heterocycles. The molecule has 0 saturated heterocycles. The molecule has 0 nitrogen and oxygen atoms in total. The van der Waals surface area contributed by atoms with Crippen LogP contribution in [0.5, 0.6) is 0 Å². The van der Waals surface area contributed by atoms with Gasteiger partial charge in [0.05, 0.1) is 0 Å². The van der Waals surface area contributed by atoms with Crippen molar-refractivity contribution in [3.05, 3.63) is 194 Å². The lowest BCUT2D eigenvalue weighted by molar-refractivity contribution is 1.56. The maximum absolute atomic E-state index is 2.34. The van der Waals surface area contributed by atoms with Gasteiger partial charge in [-0.3, -0.25) is 0 Å². The van der Waals surface area contributed by atoms with Crippen LogP contribution in [-0.4, -0.2) is 0 Å². The van der Waals surface area contributed by atoms with Gasteiger partial charge < -0.3 is 0 Å². The number of hydrogen-bond donors (Lipinski definition) is 0. The van der Waals surface area contributed by atoms with Gasteiger partial charge in [0.2, 0.25) is 0 Å². The normalized spacial score (nSPS) is 11.3. The minimum atomic E-state index is 1.21. The van der Waals surface area contributed by atoms with Gasteiger partial charge in [0, 0.05) is 0 Å². The summed E-state index contributed by atoms with van der Waals surface area (Å²) in [4.78, 5) is 0. The first-order valence-corrected chi connectivity index (χ1v) is 16.6. The molecule has 0 saturated carbocycles. The fraction of sp³-hybridized carbons (Fsp3) is 0. The number of hydrogen-bond acceptors (Lipinski definition) is 0. The zero-order valence-corrected chi connectivity index (χ0v) is 26.5. The van der Waals surface area contributed by atoms with Crippen LogP contribution in [0.3, 0.4) is 0 Å². The van der Waals surface area contributed by atoms with E-state index in [0.717, 1.165) is 0 Å². The summed E-state index contributed by atoms with van der Waals surface area (Å²) in [6.07, 6.45) is 0. The molecular formula is C48H32. The number of fused-ring (bicyclic) bond motifs is 3. The Morgan fingerprint density at radius 1 is 0.208 bits per heavy atom. The third kappa shape index (κ3) is 4.87. The molecule has 0 atom stereocenters. The van der Waals surface area contributed by atoms with E-state index >= 15 is 0 Å². The van der Waals surface area contributed by atoms with Crippen molar-refractivity contribution in [2.24, 2.45) is 0 Å². The van der Waals surface area contributed by atoms with Gasteiger partial charge in [0.25, 0.3) is 0 Å². The van der Waals surface area contributed by atoms with Crippen molar-refractivity contribution in [2.75, 3.05) is 0 Å². The number of benzene rings is 9. The first-order chi connectivity index (χ1) is 23.8. The first kappa shape index (κ1) is 28.0. The molecular weight excluding hydrogens is 577 g/mol. The second kappa shape index (κ2) is 11.8. The van der Waals surface area contributed by atoms with Crippen molar-refractivity contribution < 1.29 is 0 Å². The Morgan fingerprint density at radius 3 is 1.27 bits per heavy atom. The Hall–Kier alpha value is -6.24. The lowest BCUT2D eigenvalue weighted by atomic mass is 9.85. The molecule has 0 spiro atoms. The summed E-state index contributed by atoms with van der Waals surface area (Å²) in [6.45, 7) is 0. The third-order valence-corrected chi connectivity index (χ3v) is 9.67. The van der Waals surface area contributed by atoms with Crippen LogP contribution >= 0.6 is 0 Å². The zero-order valence-electron chi connectivity index (χ0n) is 26.5. The molecule has 0 aliphatic rings. The molecule has 0 unspecified atom stereocenters. The van der Waals surface area contributed by atoms with E-state index < -0.39 is 0 Å². The summed E-state index contributed by atoms with van der Waals surface area (Å²) in [5, 5.41) is 7.59. The topological polar surface area (TPSA) is 0 Å². The highest BCUT2D eigenvalue weighted by Gasteiger charge is 2.17. The lowest BCUT2D eigenvalue weighted by Crippen LogP contribution is -1.91. The molecule has 0 aliphatic heterocycles. The third-order valence-electron chi connectivity index (χ3n) is 9.67. The van der Waals surface area contributed by atoms with Crippen molar-refractivity contribution >= 4 is 32.3 Å². The minimum Gasteiger partial charge on any atom is -0.0622 e. The molecule has 224 valence electrons. The van der Waals surface area contributed by atoms with E-state index in [9.17, 15) is 0 Å². The molecule has 48 heavy (non-hydrogen) atoms. The van der Waals surface area contributed by atoms with Crippen LogP contribution in [0.1, 0.15) is 0 Å². The van der Waals surface area contributed by atoms with Crippen LogP contribution in [-0.2, 0) is 0 Å². The Morgan fingerprint density at radius 2 is 0.646 bits per heavy atom. The van der Waals surface area contributed by atoms with E-state index in [4.69, 9.17) is 0 Å². The maximum atomic E-state index is 2.34. The van der Waals surface area contributed by atoms with Crippen molar-refractivity contribution in [1.29, 1.82) is 0 Å². The van der Waals surface area contributed by atoms with Gasteiger partial charge >= 0.3 is 0 Å². The van der Waals surface area contributed by atoms with E-state index in [1.54, 1.807) is 0 Å². The van der Waals surface area contributed by atoms with Crippen molar-refractivity contribution in [2.45, 2.75) is 0 Å². The van der Waals surface area contributed by atoms with E-state index in [2.05, 4.69) is 194 Å². The smallest absolute Gasteiger partial charge is 0.00262 e. The summed E-state index contributed by atoms with van der Waals surface area (Å²) in [7, 11) is 0. The highest BCUT2D eigenvalue weighted by atomic mass is 14.2. The van der Waals surface area contributed by atoms with Gasteiger partial charge in [-0.05, 0) is 100 Å². The van der Waals surface area contributed by atoms with Crippen LogP contribution in [0.15, 0.2) is 194 Å². The van der Waals surface area contributed by atoms with E-state index in [1.165, 1.54) is 88.0 Å². The molecule has 0 heteroatoms. The summed E-state index contributed by atoms with van der Waals surface area (Å²) < 4.78 is 0. The molecule has 0 aliphatic carbocycles. The van der Waals surface area contributed by atoms with Crippen molar-refractivity contribution in [1.82, 2.24) is 0 Å². The molecule has 0 N–H and O–H groups in total. The van der Waals surface area contributed by atoms with Gasteiger partial charge in [-0.2, -0.15) is 0 Å². The van der Waals surface area contributed by atoms with Gasteiger partial charge in [-0.25, -0.2) is 0 Å². The molecule has 9 aromatic rings. The Balaban J connectivity index is 1.23. The van der Waals surface area contributed by atoms with Crippen LogP contribution in [0, 0.1) is 0 Å². The Bertz CT molecular complexity index is 2520. The largest absolute Gasteiger partial charge is 0.0622 e. The molecule has 9 aromatic carbocycles. The monoisotopic (exact) mass is 608 g/mol. The quantitative estimate of drug-likeness (QED) is 0.171. The lowest BCUT2D eigenvalue weighted by Gasteiger charge is -2.18. The standard InChI is InChI=1S/C48H32/c1-3-13-33(14-4-1)39-29-30-41(35-16-5-2-6-17-35)46(32-39)36-24-26-37(27-25-36)47-42-19-9-11-21-44(42)48(45-22-12-10-20-43(45)47)40-28-23-34-15-7-8-18-38(34)31-40/h1-32H. The van der Waals surface area contributed by atoms with Crippen LogP contribution in [0.25, 0.3) is 88.0 Å². The SMILES string of the molecule is c1ccc(-c2ccc(-c3ccccc3)c(-c3ccc(-c4c5ccccc5c(-c5ccc6ccccc6c5)c5ccccc45)cc3)c2)cc1. The second-order valence-corrected chi connectivity index (χ2v) is 12.5. The van der Waals surface area contributed by atoms with Gasteiger partial charge in [-0.15, -0.1) is 0 Å². The number of rotatable bonds is 5. The highest BCUT2D eigenvalue weighted by molar-refractivity contribution is 6.21. The predicted molar refractivity (Wildman–Crippen MR) is 206 cm³/mol. The maximum Gasteiger partial charge on any atom is -0.00262 e. The molecule has 0 amide bonds. The van der Waals surface area contributed by atoms with Gasteiger partial charge in [0.1, 0.15) is 0 Å². The average molecular weight is 609 g/mol. The minimum absolute atomic E-state index is 1.21. The summed E-state index contributed by atoms with van der Waals surface area (Å²) in [5.41, 5.74) is 12.4. The Kier molecular flexibility index (Phi) is 6.91. The summed E-state index contributed by atoms with van der Waals surface area (Å²) in [6, 6.07) is 70.7. The first-order valence-electron chi connectivity index (χ1n) is 16.6. The Labute approximate surface area is 281 Å². The summed E-state index contributed by atoms with van der Waals surface area (Å²) >= 11 is 0. The second-order valence-electron chi connectivity index (χ2n) is 12.5. The van der Waals surface area contributed by atoms with E-state index in [0.29, 0.717) is 0 Å². The fourth-order valence-corrected chi connectivity index (χ4v) is 7.37. The van der Waals surface area contributed by atoms with E-state index in [-0.39, 0.29) is 0 Å². The molecule has 0 radical (unpaired) electrons. The van der Waals surface area contributed by atoms with Crippen LogP contribution < -0.4 is 0 Å². The van der Waals surface area contributed by atoms with Crippen LogP contribution in [0.4, 0.5) is 0 Å². The molecule has 9 rings (SSSR count). The average Bonchev–Trinajstić information content (AvgIpc) is 3.17. The highest BCUT2D eigenvalue weighted by Crippen LogP contribution is 2.45.